The monoisotopic (exact) mass is 376 g/mol. The van der Waals surface area contributed by atoms with Gasteiger partial charge in [-0.05, 0) is 11.6 Å². The number of hydrogen-bond donors (Lipinski definition) is 3. The smallest absolute Gasteiger partial charge is 0.277 e. The molecule has 3 aliphatic rings. The molecular weight excluding hydrogens is 356 g/mol. The van der Waals surface area contributed by atoms with E-state index in [1.165, 1.54) is 18.0 Å². The Morgan fingerprint density at radius 1 is 1.21 bits per heavy atom. The van der Waals surface area contributed by atoms with Crippen molar-refractivity contribution >= 4 is 29.5 Å². The summed E-state index contributed by atoms with van der Waals surface area (Å²) in [4.78, 5) is 27.0. The van der Waals surface area contributed by atoms with Crippen LogP contribution in [0, 0.1) is 11.8 Å². The number of fused-ring (bicyclic) bond motifs is 2. The van der Waals surface area contributed by atoms with Gasteiger partial charge in [0.1, 0.15) is 5.84 Å². The molecule has 3 heterocycles. The number of aliphatic imine (C=N–C) groups is 1. The molecule has 2 aromatic rings. The van der Waals surface area contributed by atoms with Crippen molar-refractivity contribution in [1.29, 1.82) is 0 Å². The Morgan fingerprint density at radius 3 is 2.71 bits per heavy atom. The number of amides is 1. The van der Waals surface area contributed by atoms with Crippen LogP contribution in [-0.4, -0.2) is 46.0 Å². The Morgan fingerprint density at radius 2 is 1.96 bits per heavy atom. The van der Waals surface area contributed by atoms with Crippen LogP contribution in [0.3, 0.4) is 0 Å². The normalized spacial score (nSPS) is 26.2. The van der Waals surface area contributed by atoms with Gasteiger partial charge in [0.25, 0.3) is 5.91 Å². The number of anilines is 2. The molecule has 8 nitrogen and oxygen atoms in total. The summed E-state index contributed by atoms with van der Waals surface area (Å²) in [7, 11) is 0. The highest BCUT2D eigenvalue weighted by Gasteiger charge is 2.56. The molecule has 1 aromatic carbocycles. The first-order valence-electron chi connectivity index (χ1n) is 9.33. The number of benzene rings is 1. The molecule has 2 aliphatic heterocycles. The molecule has 1 aliphatic carbocycles. The number of rotatable bonds is 3. The number of nitrogens with one attached hydrogen (secondary N) is 2. The van der Waals surface area contributed by atoms with E-state index in [1.807, 2.05) is 12.1 Å². The second-order valence-electron chi connectivity index (χ2n) is 7.33. The molecule has 2 unspecified atom stereocenters. The number of piperidine rings is 1. The lowest BCUT2D eigenvalue weighted by Gasteiger charge is -2.19. The molecule has 0 radical (unpaired) electrons. The van der Waals surface area contributed by atoms with Gasteiger partial charge in [-0.1, -0.05) is 30.4 Å². The van der Waals surface area contributed by atoms with Gasteiger partial charge in [-0.15, -0.1) is 0 Å². The molecule has 0 spiro atoms. The molecule has 1 aromatic heterocycles. The molecule has 1 saturated carbocycles. The molecule has 3 N–H and O–H groups in total. The molecule has 8 heteroatoms. The van der Waals surface area contributed by atoms with E-state index < -0.39 is 5.91 Å². The molecular formula is C20H20N6O2. The lowest BCUT2D eigenvalue weighted by molar-refractivity contribution is 0.0705. The van der Waals surface area contributed by atoms with Gasteiger partial charge < -0.3 is 10.2 Å². The highest BCUT2D eigenvalue weighted by atomic mass is 16.5. The van der Waals surface area contributed by atoms with E-state index in [0.29, 0.717) is 23.8 Å². The van der Waals surface area contributed by atoms with Gasteiger partial charge in [0.2, 0.25) is 5.95 Å². The average molecular weight is 376 g/mol. The highest BCUT2D eigenvalue weighted by Crippen LogP contribution is 2.48. The van der Waals surface area contributed by atoms with Crippen LogP contribution in [0.4, 0.5) is 11.6 Å². The topological polar surface area (TPSA) is 103 Å². The molecule has 2 fully saturated rings. The quantitative estimate of drug-likeness (QED) is 0.559. The van der Waals surface area contributed by atoms with E-state index in [4.69, 9.17) is 10.2 Å². The molecule has 28 heavy (non-hydrogen) atoms. The fourth-order valence-electron chi connectivity index (χ4n) is 4.04. The van der Waals surface area contributed by atoms with Crippen LogP contribution in [0.5, 0.6) is 0 Å². The molecule has 1 saturated heterocycles. The van der Waals surface area contributed by atoms with Gasteiger partial charge in [-0.3, -0.25) is 15.0 Å². The molecule has 1 amide bonds. The second-order valence-corrected chi connectivity index (χ2v) is 7.33. The van der Waals surface area contributed by atoms with Gasteiger partial charge >= 0.3 is 0 Å². The van der Waals surface area contributed by atoms with Crippen molar-refractivity contribution in [2.75, 3.05) is 23.3 Å². The van der Waals surface area contributed by atoms with Gasteiger partial charge in [0, 0.05) is 49.4 Å². The fourth-order valence-corrected chi connectivity index (χ4v) is 4.04. The second kappa shape index (κ2) is 6.72. The van der Waals surface area contributed by atoms with Crippen LogP contribution in [0.25, 0.3) is 6.08 Å². The summed E-state index contributed by atoms with van der Waals surface area (Å²) in [5, 5.41) is 12.1. The summed E-state index contributed by atoms with van der Waals surface area (Å²) in [6.07, 6.45) is 7.95. The Bertz CT molecular complexity index is 959. The summed E-state index contributed by atoms with van der Waals surface area (Å²) in [5.74, 6) is 2.04. The van der Waals surface area contributed by atoms with E-state index in [9.17, 15) is 4.79 Å². The zero-order chi connectivity index (χ0) is 19.1. The standard InChI is InChI=1S/C20H20N6O2/c27-19(25-28)13-8-21-20(22-9-13)26-10-14-15(11-26)18(14)24-17-7-3-5-12-4-1-2-6-16(12)23-17/h1-6,8-9,14-15,18,28H,7,10-11H2,(H,23,24)(H,25,27). The van der Waals surface area contributed by atoms with Crippen LogP contribution >= 0.6 is 0 Å². The third kappa shape index (κ3) is 3.01. The van der Waals surface area contributed by atoms with Crippen LogP contribution in [0.15, 0.2) is 47.7 Å². The minimum absolute atomic E-state index is 0.229. The molecule has 5 rings (SSSR count). The van der Waals surface area contributed by atoms with E-state index >= 15 is 0 Å². The zero-order valence-corrected chi connectivity index (χ0v) is 15.1. The summed E-state index contributed by atoms with van der Waals surface area (Å²) >= 11 is 0. The Hall–Kier alpha value is -3.26. The predicted molar refractivity (Wildman–Crippen MR) is 105 cm³/mol. The van der Waals surface area contributed by atoms with Crippen molar-refractivity contribution in [3.05, 3.63) is 53.9 Å². The van der Waals surface area contributed by atoms with Gasteiger partial charge in [-0.2, -0.15) is 0 Å². The third-order valence-corrected chi connectivity index (χ3v) is 5.59. The lowest BCUT2D eigenvalue weighted by atomic mass is 10.2. The number of para-hydroxylation sites is 1. The number of carbonyl (C=O) groups excluding carboxylic acids is 1. The van der Waals surface area contributed by atoms with Crippen molar-refractivity contribution < 1.29 is 10.0 Å². The molecule has 142 valence electrons. The minimum Gasteiger partial charge on any atom is -0.343 e. The SMILES string of the molecule is O=C(NO)c1cnc(N2CC3C(C2)C3N=C2CC=Cc3ccccc3N2)nc1. The van der Waals surface area contributed by atoms with E-state index in [0.717, 1.165) is 31.0 Å². The van der Waals surface area contributed by atoms with E-state index in [2.05, 4.69) is 44.5 Å². The first-order chi connectivity index (χ1) is 13.7. The number of nitrogens with zero attached hydrogens (tertiary/aromatic N) is 4. The predicted octanol–water partition coefficient (Wildman–Crippen LogP) is 1.96. The lowest BCUT2D eigenvalue weighted by Crippen LogP contribution is -2.28. The van der Waals surface area contributed by atoms with Crippen molar-refractivity contribution in [2.45, 2.75) is 12.5 Å². The number of hydrogen-bond acceptors (Lipinski definition) is 6. The zero-order valence-electron chi connectivity index (χ0n) is 15.1. The first kappa shape index (κ1) is 16.9. The maximum atomic E-state index is 11.4. The summed E-state index contributed by atoms with van der Waals surface area (Å²) < 4.78 is 0. The maximum Gasteiger partial charge on any atom is 0.277 e. The summed E-state index contributed by atoms with van der Waals surface area (Å²) in [6.45, 7) is 1.73. The van der Waals surface area contributed by atoms with Crippen LogP contribution < -0.4 is 15.7 Å². The van der Waals surface area contributed by atoms with Crippen molar-refractivity contribution in [2.24, 2.45) is 16.8 Å². The number of hydroxylamine groups is 1. The summed E-state index contributed by atoms with van der Waals surface area (Å²) in [5.41, 5.74) is 4.10. The highest BCUT2D eigenvalue weighted by molar-refractivity contribution is 6.00. The maximum absolute atomic E-state index is 11.4. The van der Waals surface area contributed by atoms with Crippen LogP contribution in [0.2, 0.25) is 0 Å². The molecule has 2 atom stereocenters. The largest absolute Gasteiger partial charge is 0.343 e. The fraction of sp³-hybridized carbons (Fsp3) is 0.300. The average Bonchev–Trinajstić information content (AvgIpc) is 3.24. The Balaban J connectivity index is 1.23. The molecule has 0 bridgehead atoms. The Labute approximate surface area is 162 Å². The first-order valence-corrected chi connectivity index (χ1v) is 9.33. The number of carbonyl (C=O) groups is 1. The third-order valence-electron chi connectivity index (χ3n) is 5.59. The van der Waals surface area contributed by atoms with Crippen LogP contribution in [-0.2, 0) is 0 Å². The van der Waals surface area contributed by atoms with Crippen molar-refractivity contribution in [3.8, 4) is 0 Å². The number of aromatic nitrogens is 2. The van der Waals surface area contributed by atoms with Gasteiger partial charge in [0.15, 0.2) is 0 Å². The van der Waals surface area contributed by atoms with Crippen molar-refractivity contribution in [3.63, 3.8) is 0 Å². The Kier molecular flexibility index (Phi) is 4.05. The van der Waals surface area contributed by atoms with E-state index in [-0.39, 0.29) is 5.56 Å². The number of amidine groups is 1. The minimum atomic E-state index is -0.613. The summed E-state index contributed by atoms with van der Waals surface area (Å²) in [6, 6.07) is 8.59. The van der Waals surface area contributed by atoms with Crippen LogP contribution in [0.1, 0.15) is 22.3 Å². The van der Waals surface area contributed by atoms with Gasteiger partial charge in [-0.25, -0.2) is 15.4 Å². The van der Waals surface area contributed by atoms with E-state index in [1.54, 1.807) is 5.48 Å². The van der Waals surface area contributed by atoms with Gasteiger partial charge in [0.05, 0.1) is 11.6 Å². The van der Waals surface area contributed by atoms with Crippen molar-refractivity contribution in [1.82, 2.24) is 15.4 Å².